The average Bonchev–Trinajstić information content (AvgIpc) is 2.64. The predicted molar refractivity (Wildman–Crippen MR) is 99.8 cm³/mol. The standard InChI is InChI=1S/C22H28O2/c1-2-3-6-15-22(24-19-21-13-9-5-10-14-21)16-17-23-18-20-11-7-4-8-12-20/h2,4-5,7-14,22H,1,3,6,15-19H2/t22-/m0/s1. The Hall–Kier alpha value is -1.90. The molecule has 0 saturated heterocycles. The number of unbranched alkanes of at least 4 members (excludes halogenated alkanes) is 1. The van der Waals surface area contributed by atoms with Crippen molar-refractivity contribution in [2.45, 2.75) is 45.0 Å². The van der Waals surface area contributed by atoms with Gasteiger partial charge in [-0.2, -0.15) is 0 Å². The first-order valence-corrected chi connectivity index (χ1v) is 8.76. The molecular weight excluding hydrogens is 296 g/mol. The van der Waals surface area contributed by atoms with E-state index in [0.29, 0.717) is 13.2 Å². The molecule has 128 valence electrons. The monoisotopic (exact) mass is 324 g/mol. The normalized spacial score (nSPS) is 12.0. The molecule has 0 fully saturated rings. The molecule has 0 aliphatic rings. The van der Waals surface area contributed by atoms with Crippen molar-refractivity contribution < 1.29 is 9.47 Å². The van der Waals surface area contributed by atoms with Crippen molar-refractivity contribution >= 4 is 0 Å². The van der Waals surface area contributed by atoms with E-state index < -0.39 is 0 Å². The second-order valence-electron chi connectivity index (χ2n) is 5.97. The quantitative estimate of drug-likeness (QED) is 0.377. The van der Waals surface area contributed by atoms with Crippen LogP contribution >= 0.6 is 0 Å². The second kappa shape index (κ2) is 11.6. The van der Waals surface area contributed by atoms with Crippen molar-refractivity contribution in [3.05, 3.63) is 84.4 Å². The Kier molecular flexibility index (Phi) is 8.92. The van der Waals surface area contributed by atoms with Crippen LogP contribution < -0.4 is 0 Å². The van der Waals surface area contributed by atoms with E-state index in [0.717, 1.165) is 32.3 Å². The van der Waals surface area contributed by atoms with Gasteiger partial charge in [-0.05, 0) is 36.8 Å². The van der Waals surface area contributed by atoms with Crippen molar-refractivity contribution in [3.63, 3.8) is 0 Å². The van der Waals surface area contributed by atoms with Gasteiger partial charge in [0.2, 0.25) is 0 Å². The number of ether oxygens (including phenoxy) is 2. The number of allylic oxidation sites excluding steroid dienone is 1. The molecule has 0 amide bonds. The third-order valence-corrected chi connectivity index (χ3v) is 3.96. The highest BCUT2D eigenvalue weighted by molar-refractivity contribution is 5.14. The molecule has 0 unspecified atom stereocenters. The van der Waals surface area contributed by atoms with Crippen LogP contribution in [0.5, 0.6) is 0 Å². The molecule has 0 radical (unpaired) electrons. The van der Waals surface area contributed by atoms with Gasteiger partial charge in [-0.25, -0.2) is 0 Å². The molecule has 2 aromatic rings. The van der Waals surface area contributed by atoms with Crippen molar-refractivity contribution in [2.75, 3.05) is 6.61 Å². The Morgan fingerprint density at radius 3 is 2.08 bits per heavy atom. The molecule has 2 rings (SSSR count). The summed E-state index contributed by atoms with van der Waals surface area (Å²) in [6.07, 6.45) is 6.34. The summed E-state index contributed by atoms with van der Waals surface area (Å²) >= 11 is 0. The van der Waals surface area contributed by atoms with Crippen LogP contribution in [0.15, 0.2) is 73.3 Å². The molecule has 1 atom stereocenters. The van der Waals surface area contributed by atoms with Gasteiger partial charge in [-0.1, -0.05) is 66.7 Å². The highest BCUT2D eigenvalue weighted by Gasteiger charge is 2.09. The second-order valence-corrected chi connectivity index (χ2v) is 5.97. The lowest BCUT2D eigenvalue weighted by molar-refractivity contribution is 0.00357. The minimum absolute atomic E-state index is 0.237. The van der Waals surface area contributed by atoms with Gasteiger partial charge >= 0.3 is 0 Å². The summed E-state index contributed by atoms with van der Waals surface area (Å²) in [7, 11) is 0. The van der Waals surface area contributed by atoms with Gasteiger partial charge in [0.05, 0.1) is 19.3 Å². The highest BCUT2D eigenvalue weighted by Crippen LogP contribution is 2.13. The van der Waals surface area contributed by atoms with E-state index in [1.54, 1.807) is 0 Å². The summed E-state index contributed by atoms with van der Waals surface area (Å²) in [5.41, 5.74) is 2.43. The molecule has 2 aromatic carbocycles. The maximum Gasteiger partial charge on any atom is 0.0720 e. The van der Waals surface area contributed by atoms with Crippen molar-refractivity contribution in [1.82, 2.24) is 0 Å². The fraction of sp³-hybridized carbons (Fsp3) is 0.364. The van der Waals surface area contributed by atoms with E-state index in [4.69, 9.17) is 9.47 Å². The SMILES string of the molecule is C=CCCC[C@@H](CCOCc1ccccc1)OCc1ccccc1. The van der Waals surface area contributed by atoms with E-state index in [1.807, 2.05) is 42.5 Å². The van der Waals surface area contributed by atoms with Crippen molar-refractivity contribution in [3.8, 4) is 0 Å². The minimum atomic E-state index is 0.237. The molecule has 0 aliphatic carbocycles. The highest BCUT2D eigenvalue weighted by atomic mass is 16.5. The van der Waals surface area contributed by atoms with Crippen LogP contribution in [0.4, 0.5) is 0 Å². The Morgan fingerprint density at radius 2 is 1.46 bits per heavy atom. The van der Waals surface area contributed by atoms with Crippen LogP contribution in [0.1, 0.15) is 36.8 Å². The summed E-state index contributed by atoms with van der Waals surface area (Å²) in [6.45, 7) is 5.85. The maximum absolute atomic E-state index is 6.11. The summed E-state index contributed by atoms with van der Waals surface area (Å²) in [5.74, 6) is 0. The third kappa shape index (κ3) is 7.58. The van der Waals surface area contributed by atoms with Gasteiger partial charge in [0.25, 0.3) is 0 Å². The Bertz CT molecular complexity index is 551. The zero-order valence-corrected chi connectivity index (χ0v) is 14.4. The van der Waals surface area contributed by atoms with Crippen LogP contribution in [0.3, 0.4) is 0 Å². The topological polar surface area (TPSA) is 18.5 Å². The van der Waals surface area contributed by atoms with Gasteiger partial charge in [-0.15, -0.1) is 6.58 Å². The van der Waals surface area contributed by atoms with E-state index >= 15 is 0 Å². The molecule has 0 aromatic heterocycles. The lowest BCUT2D eigenvalue weighted by Gasteiger charge is -2.18. The fourth-order valence-corrected chi connectivity index (χ4v) is 2.57. The van der Waals surface area contributed by atoms with E-state index in [-0.39, 0.29) is 6.10 Å². The molecule has 24 heavy (non-hydrogen) atoms. The lowest BCUT2D eigenvalue weighted by Crippen LogP contribution is -2.16. The summed E-state index contributed by atoms with van der Waals surface area (Å²) < 4.78 is 11.9. The van der Waals surface area contributed by atoms with Gasteiger partial charge < -0.3 is 9.47 Å². The molecule has 0 bridgehead atoms. The largest absolute Gasteiger partial charge is 0.377 e. The minimum Gasteiger partial charge on any atom is -0.377 e. The molecule has 2 heteroatoms. The third-order valence-electron chi connectivity index (χ3n) is 3.96. The molecule has 0 aliphatic heterocycles. The average molecular weight is 324 g/mol. The Morgan fingerprint density at radius 1 is 0.833 bits per heavy atom. The molecule has 0 heterocycles. The van der Waals surface area contributed by atoms with E-state index in [2.05, 4.69) is 30.8 Å². The summed E-state index contributed by atoms with van der Waals surface area (Å²) in [6, 6.07) is 20.6. The Balaban J connectivity index is 1.71. The van der Waals surface area contributed by atoms with Crippen LogP contribution in [0, 0.1) is 0 Å². The van der Waals surface area contributed by atoms with E-state index in [9.17, 15) is 0 Å². The van der Waals surface area contributed by atoms with Crippen molar-refractivity contribution in [2.24, 2.45) is 0 Å². The number of rotatable bonds is 12. The van der Waals surface area contributed by atoms with Gasteiger partial charge in [0.15, 0.2) is 0 Å². The van der Waals surface area contributed by atoms with Crippen LogP contribution in [-0.2, 0) is 22.7 Å². The zero-order valence-electron chi connectivity index (χ0n) is 14.4. The van der Waals surface area contributed by atoms with Gasteiger partial charge in [-0.3, -0.25) is 0 Å². The summed E-state index contributed by atoms with van der Waals surface area (Å²) in [5, 5.41) is 0. The first-order valence-electron chi connectivity index (χ1n) is 8.76. The molecule has 0 N–H and O–H groups in total. The van der Waals surface area contributed by atoms with E-state index in [1.165, 1.54) is 11.1 Å². The summed E-state index contributed by atoms with van der Waals surface area (Å²) in [4.78, 5) is 0. The molecule has 0 spiro atoms. The first kappa shape index (κ1) is 18.4. The smallest absolute Gasteiger partial charge is 0.0720 e. The first-order chi connectivity index (χ1) is 11.9. The van der Waals surface area contributed by atoms with Gasteiger partial charge in [0, 0.05) is 6.61 Å². The van der Waals surface area contributed by atoms with Crippen molar-refractivity contribution in [1.29, 1.82) is 0 Å². The predicted octanol–water partition coefficient (Wildman–Crippen LogP) is 5.54. The zero-order chi connectivity index (χ0) is 16.9. The molecular formula is C22H28O2. The lowest BCUT2D eigenvalue weighted by atomic mass is 10.1. The maximum atomic E-state index is 6.11. The van der Waals surface area contributed by atoms with Crippen LogP contribution in [0.2, 0.25) is 0 Å². The number of hydrogen-bond donors (Lipinski definition) is 0. The fourth-order valence-electron chi connectivity index (χ4n) is 2.57. The molecule has 2 nitrogen and oxygen atoms in total. The Labute approximate surface area is 146 Å². The molecule has 0 saturated carbocycles. The number of hydrogen-bond acceptors (Lipinski definition) is 2. The number of benzene rings is 2. The van der Waals surface area contributed by atoms with Gasteiger partial charge in [0.1, 0.15) is 0 Å². The van der Waals surface area contributed by atoms with Crippen LogP contribution in [-0.4, -0.2) is 12.7 Å². The van der Waals surface area contributed by atoms with Crippen LogP contribution in [0.25, 0.3) is 0 Å².